The number of benzene rings is 1. The molecular weight excluding hydrogens is 314 g/mol. The first-order chi connectivity index (χ1) is 11.5. The maximum absolute atomic E-state index is 13.5. The summed E-state index contributed by atoms with van der Waals surface area (Å²) in [6, 6.07) is 3.37. The summed E-state index contributed by atoms with van der Waals surface area (Å²) in [5, 5.41) is 2.79. The number of piperidine rings is 1. The summed E-state index contributed by atoms with van der Waals surface area (Å²) in [5.41, 5.74) is -0.175. The summed E-state index contributed by atoms with van der Waals surface area (Å²) in [7, 11) is 0. The number of amides is 1. The van der Waals surface area contributed by atoms with Gasteiger partial charge in [0.1, 0.15) is 11.6 Å². The van der Waals surface area contributed by atoms with Gasteiger partial charge in [0.05, 0.1) is 5.56 Å². The normalized spacial score (nSPS) is 18.4. The molecule has 6 heteroatoms. The van der Waals surface area contributed by atoms with E-state index in [4.69, 9.17) is 0 Å². The Morgan fingerprint density at radius 1 is 1.25 bits per heavy atom. The minimum absolute atomic E-state index is 0.00516. The van der Waals surface area contributed by atoms with Gasteiger partial charge in [0.2, 0.25) is 5.91 Å². The molecule has 0 aromatic heterocycles. The number of hydrogen-bond donors (Lipinski definition) is 1. The lowest BCUT2D eigenvalue weighted by atomic mass is 10.0. The molecule has 1 aliphatic heterocycles. The number of carbonyl (C=O) groups excluding carboxylic acids is 2. The minimum atomic E-state index is -0.889. The van der Waals surface area contributed by atoms with E-state index in [2.05, 4.69) is 17.1 Å². The summed E-state index contributed by atoms with van der Waals surface area (Å²) < 4.78 is 26.3. The zero-order valence-corrected chi connectivity index (χ0v) is 14.0. The van der Waals surface area contributed by atoms with E-state index < -0.39 is 17.4 Å². The number of likely N-dealkylation sites (tertiary alicyclic amines) is 1. The predicted molar refractivity (Wildman–Crippen MR) is 87.8 cm³/mol. The Morgan fingerprint density at radius 3 is 2.75 bits per heavy atom. The Bertz CT molecular complexity index is 592. The van der Waals surface area contributed by atoms with Crippen LogP contribution in [0.2, 0.25) is 0 Å². The van der Waals surface area contributed by atoms with E-state index in [1.165, 1.54) is 19.3 Å². The summed E-state index contributed by atoms with van der Waals surface area (Å²) in [6.07, 6.45) is 3.55. The Balaban J connectivity index is 1.70. The summed E-state index contributed by atoms with van der Waals surface area (Å²) in [5.74, 6) is -2.34. The molecule has 1 saturated heterocycles. The molecule has 1 fully saturated rings. The van der Waals surface area contributed by atoms with Crippen molar-refractivity contribution in [2.24, 2.45) is 0 Å². The van der Waals surface area contributed by atoms with Gasteiger partial charge in [0.15, 0.2) is 5.78 Å². The lowest BCUT2D eigenvalue weighted by Gasteiger charge is -2.33. The van der Waals surface area contributed by atoms with Gasteiger partial charge >= 0.3 is 0 Å². The molecule has 0 radical (unpaired) electrons. The summed E-state index contributed by atoms with van der Waals surface area (Å²) in [4.78, 5) is 26.1. The van der Waals surface area contributed by atoms with Crippen LogP contribution in [0.15, 0.2) is 18.2 Å². The van der Waals surface area contributed by atoms with Crippen molar-refractivity contribution in [2.45, 2.75) is 45.1 Å². The van der Waals surface area contributed by atoms with Gasteiger partial charge in [-0.2, -0.15) is 0 Å². The molecule has 2 rings (SSSR count). The van der Waals surface area contributed by atoms with Crippen LogP contribution in [0.5, 0.6) is 0 Å². The van der Waals surface area contributed by atoms with Crippen molar-refractivity contribution in [3.05, 3.63) is 35.4 Å². The molecule has 1 aromatic carbocycles. The molecular formula is C18H24F2N2O2. The predicted octanol–water partition coefficient (Wildman–Crippen LogP) is 2.92. The standard InChI is InChI=1S/C18H24F2N2O2/c1-13-4-2-3-10-22(13)11-9-21-18(24)8-7-17(23)15-6-5-14(19)12-16(15)20/h5-6,12-13H,2-4,7-11H2,1H3,(H,21,24). The number of Topliss-reactive ketones (excluding diaryl/α,β-unsaturated/α-hetero) is 1. The van der Waals surface area contributed by atoms with Crippen molar-refractivity contribution in [1.29, 1.82) is 0 Å². The first-order valence-corrected chi connectivity index (χ1v) is 8.46. The second-order valence-electron chi connectivity index (χ2n) is 6.28. The van der Waals surface area contributed by atoms with Crippen molar-refractivity contribution in [2.75, 3.05) is 19.6 Å². The monoisotopic (exact) mass is 338 g/mol. The fourth-order valence-electron chi connectivity index (χ4n) is 2.99. The number of ketones is 1. The fourth-order valence-corrected chi connectivity index (χ4v) is 2.99. The molecule has 24 heavy (non-hydrogen) atoms. The van der Waals surface area contributed by atoms with Crippen LogP contribution in [0.1, 0.15) is 49.4 Å². The first-order valence-electron chi connectivity index (χ1n) is 8.46. The number of halogens is 2. The molecule has 1 N–H and O–H groups in total. The zero-order chi connectivity index (χ0) is 17.5. The van der Waals surface area contributed by atoms with E-state index in [0.717, 1.165) is 25.2 Å². The van der Waals surface area contributed by atoms with E-state index in [1.54, 1.807) is 0 Å². The first kappa shape index (κ1) is 18.5. The van der Waals surface area contributed by atoms with E-state index in [9.17, 15) is 18.4 Å². The Labute approximate surface area is 141 Å². The largest absolute Gasteiger partial charge is 0.355 e. The lowest BCUT2D eigenvalue weighted by Crippen LogP contribution is -2.42. The third-order valence-electron chi connectivity index (χ3n) is 4.47. The van der Waals surface area contributed by atoms with Crippen LogP contribution in [-0.2, 0) is 4.79 Å². The smallest absolute Gasteiger partial charge is 0.220 e. The van der Waals surface area contributed by atoms with Crippen LogP contribution in [0, 0.1) is 11.6 Å². The van der Waals surface area contributed by atoms with Crippen LogP contribution in [0.25, 0.3) is 0 Å². The number of carbonyl (C=O) groups is 2. The quantitative estimate of drug-likeness (QED) is 0.778. The molecule has 0 spiro atoms. The number of nitrogens with one attached hydrogen (secondary N) is 1. The highest BCUT2D eigenvalue weighted by molar-refractivity contribution is 5.98. The molecule has 1 unspecified atom stereocenters. The maximum atomic E-state index is 13.5. The van der Waals surface area contributed by atoms with E-state index in [0.29, 0.717) is 18.7 Å². The second-order valence-corrected chi connectivity index (χ2v) is 6.28. The van der Waals surface area contributed by atoms with E-state index in [1.807, 2.05) is 0 Å². The van der Waals surface area contributed by atoms with Gasteiger partial charge in [0.25, 0.3) is 0 Å². The van der Waals surface area contributed by atoms with Crippen LogP contribution >= 0.6 is 0 Å². The van der Waals surface area contributed by atoms with Crippen molar-refractivity contribution in [3.63, 3.8) is 0 Å². The minimum Gasteiger partial charge on any atom is -0.355 e. The van der Waals surface area contributed by atoms with Crippen LogP contribution in [-0.4, -0.2) is 42.3 Å². The van der Waals surface area contributed by atoms with Crippen molar-refractivity contribution < 1.29 is 18.4 Å². The summed E-state index contributed by atoms with van der Waals surface area (Å²) >= 11 is 0. The average molecular weight is 338 g/mol. The van der Waals surface area contributed by atoms with Gasteiger partial charge in [-0.25, -0.2) is 8.78 Å². The van der Waals surface area contributed by atoms with Gasteiger partial charge in [-0.15, -0.1) is 0 Å². The Morgan fingerprint density at radius 2 is 2.04 bits per heavy atom. The highest BCUT2D eigenvalue weighted by Crippen LogP contribution is 2.15. The zero-order valence-electron chi connectivity index (χ0n) is 14.0. The molecule has 4 nitrogen and oxygen atoms in total. The maximum Gasteiger partial charge on any atom is 0.220 e. The van der Waals surface area contributed by atoms with Gasteiger partial charge in [-0.1, -0.05) is 6.42 Å². The molecule has 1 atom stereocenters. The number of hydrogen-bond acceptors (Lipinski definition) is 3. The summed E-state index contributed by atoms with van der Waals surface area (Å²) in [6.45, 7) is 4.59. The van der Waals surface area contributed by atoms with Gasteiger partial charge in [-0.05, 0) is 38.4 Å². The van der Waals surface area contributed by atoms with Crippen molar-refractivity contribution in [3.8, 4) is 0 Å². The van der Waals surface area contributed by atoms with E-state index in [-0.39, 0.29) is 24.3 Å². The molecule has 1 heterocycles. The van der Waals surface area contributed by atoms with Crippen LogP contribution < -0.4 is 5.32 Å². The van der Waals surface area contributed by atoms with Gasteiger partial charge in [-0.3, -0.25) is 14.5 Å². The van der Waals surface area contributed by atoms with Crippen LogP contribution in [0.4, 0.5) is 8.78 Å². The number of rotatable bonds is 7. The SMILES string of the molecule is CC1CCCCN1CCNC(=O)CCC(=O)c1ccc(F)cc1F. The lowest BCUT2D eigenvalue weighted by molar-refractivity contribution is -0.121. The Kier molecular flexibility index (Phi) is 6.85. The van der Waals surface area contributed by atoms with Gasteiger partial charge in [0, 0.05) is 38.0 Å². The molecule has 0 bridgehead atoms. The third kappa shape index (κ3) is 5.37. The molecule has 0 saturated carbocycles. The highest BCUT2D eigenvalue weighted by Gasteiger charge is 2.18. The molecule has 1 aliphatic rings. The fraction of sp³-hybridized carbons (Fsp3) is 0.556. The topological polar surface area (TPSA) is 49.4 Å². The highest BCUT2D eigenvalue weighted by atomic mass is 19.1. The number of nitrogens with zero attached hydrogens (tertiary/aromatic N) is 1. The average Bonchev–Trinajstić information content (AvgIpc) is 2.54. The van der Waals surface area contributed by atoms with Crippen molar-refractivity contribution in [1.82, 2.24) is 10.2 Å². The van der Waals surface area contributed by atoms with E-state index >= 15 is 0 Å². The van der Waals surface area contributed by atoms with Crippen LogP contribution in [0.3, 0.4) is 0 Å². The van der Waals surface area contributed by atoms with Gasteiger partial charge < -0.3 is 5.32 Å². The molecule has 132 valence electrons. The Hall–Kier alpha value is -1.82. The second kappa shape index (κ2) is 8.87. The molecule has 0 aliphatic carbocycles. The molecule has 1 amide bonds. The van der Waals surface area contributed by atoms with Crippen molar-refractivity contribution >= 4 is 11.7 Å². The third-order valence-corrected chi connectivity index (χ3v) is 4.47. The molecule has 1 aromatic rings.